The second-order valence-corrected chi connectivity index (χ2v) is 7.42. The molecule has 0 amide bonds. The van der Waals surface area contributed by atoms with Crippen LogP contribution < -0.4 is 5.32 Å². The van der Waals surface area contributed by atoms with Crippen LogP contribution in [0.3, 0.4) is 0 Å². The molecule has 1 N–H and O–H groups in total. The summed E-state index contributed by atoms with van der Waals surface area (Å²) >= 11 is 10.7. The molecule has 2 atom stereocenters. The summed E-state index contributed by atoms with van der Waals surface area (Å²) in [5.41, 5.74) is 2.53. The van der Waals surface area contributed by atoms with E-state index in [1.807, 2.05) is 6.07 Å². The number of rotatable bonds is 4. The zero-order chi connectivity index (χ0) is 14.7. The summed E-state index contributed by atoms with van der Waals surface area (Å²) in [5.74, 6) is 0. The Morgan fingerprint density at radius 1 is 0.800 bits per heavy atom. The minimum atomic E-state index is 0.264. The van der Waals surface area contributed by atoms with Crippen molar-refractivity contribution < 1.29 is 0 Å². The average Bonchev–Trinajstić information content (AvgIpc) is 2.38. The number of hydrogen-bond donors (Lipinski definition) is 1. The number of halogens is 3. The van der Waals surface area contributed by atoms with Gasteiger partial charge in [0.1, 0.15) is 0 Å². The molecule has 0 radical (unpaired) electrons. The molecule has 2 aromatic rings. The minimum absolute atomic E-state index is 0.264. The molecule has 106 valence electrons. The Morgan fingerprint density at radius 3 is 2.00 bits per heavy atom. The third-order valence-corrected chi connectivity index (χ3v) is 5.20. The highest BCUT2D eigenvalue weighted by molar-refractivity contribution is 9.11. The average molecular weight is 462 g/mol. The molecule has 0 aromatic heterocycles. The summed E-state index contributed by atoms with van der Waals surface area (Å²) < 4.78 is 3.34. The van der Waals surface area contributed by atoms with E-state index in [2.05, 4.69) is 103 Å². The monoisotopic (exact) mass is 459 g/mol. The highest BCUT2D eigenvalue weighted by atomic mass is 79.9. The lowest BCUT2D eigenvalue weighted by Crippen LogP contribution is -2.23. The smallest absolute Gasteiger partial charge is 0.0308 e. The van der Waals surface area contributed by atoms with Crippen LogP contribution in [0.5, 0.6) is 0 Å². The molecule has 2 unspecified atom stereocenters. The van der Waals surface area contributed by atoms with Crippen molar-refractivity contribution in [1.29, 1.82) is 0 Å². The molecule has 0 aliphatic heterocycles. The van der Waals surface area contributed by atoms with E-state index in [1.54, 1.807) is 0 Å². The predicted molar refractivity (Wildman–Crippen MR) is 95.9 cm³/mol. The van der Waals surface area contributed by atoms with Crippen molar-refractivity contribution >= 4 is 47.8 Å². The van der Waals surface area contributed by atoms with Gasteiger partial charge >= 0.3 is 0 Å². The molecule has 0 bridgehead atoms. The van der Waals surface area contributed by atoms with E-state index >= 15 is 0 Å². The minimum Gasteiger partial charge on any atom is -0.304 e. The number of nitrogens with one attached hydrogen (secondary N) is 1. The molecule has 4 heteroatoms. The van der Waals surface area contributed by atoms with Crippen LogP contribution in [-0.4, -0.2) is 0 Å². The maximum atomic E-state index is 3.64. The van der Waals surface area contributed by atoms with Crippen molar-refractivity contribution in [3.63, 3.8) is 0 Å². The largest absolute Gasteiger partial charge is 0.304 e. The van der Waals surface area contributed by atoms with Crippen LogP contribution in [-0.2, 0) is 0 Å². The van der Waals surface area contributed by atoms with Gasteiger partial charge in [-0.15, -0.1) is 0 Å². The van der Waals surface area contributed by atoms with Crippen molar-refractivity contribution in [2.75, 3.05) is 0 Å². The van der Waals surface area contributed by atoms with Gasteiger partial charge in [0.25, 0.3) is 0 Å². The van der Waals surface area contributed by atoms with Crippen LogP contribution in [0.2, 0.25) is 0 Å². The lowest BCUT2D eigenvalue weighted by Gasteiger charge is -2.22. The molecular weight excluding hydrogens is 446 g/mol. The Morgan fingerprint density at radius 2 is 1.40 bits per heavy atom. The first-order valence-electron chi connectivity index (χ1n) is 6.44. The molecular formula is C16H16Br3N. The first-order valence-corrected chi connectivity index (χ1v) is 8.82. The van der Waals surface area contributed by atoms with Crippen LogP contribution >= 0.6 is 47.8 Å². The zero-order valence-electron chi connectivity index (χ0n) is 11.3. The quantitative estimate of drug-likeness (QED) is 0.556. The van der Waals surface area contributed by atoms with Crippen LogP contribution in [0, 0.1) is 0 Å². The van der Waals surface area contributed by atoms with Gasteiger partial charge < -0.3 is 5.32 Å². The van der Waals surface area contributed by atoms with E-state index in [9.17, 15) is 0 Å². The van der Waals surface area contributed by atoms with E-state index in [1.165, 1.54) is 11.1 Å². The predicted octanol–water partition coefficient (Wildman–Crippen LogP) is 6.39. The molecule has 0 aliphatic rings. The summed E-state index contributed by atoms with van der Waals surface area (Å²) in [4.78, 5) is 0. The van der Waals surface area contributed by atoms with E-state index in [0.717, 1.165) is 13.4 Å². The van der Waals surface area contributed by atoms with Gasteiger partial charge in [0.2, 0.25) is 0 Å². The van der Waals surface area contributed by atoms with Gasteiger partial charge in [-0.2, -0.15) is 0 Å². The maximum Gasteiger partial charge on any atom is 0.0308 e. The van der Waals surface area contributed by atoms with Crippen molar-refractivity contribution in [3.8, 4) is 0 Å². The number of hydrogen-bond acceptors (Lipinski definition) is 1. The van der Waals surface area contributed by atoms with E-state index in [4.69, 9.17) is 0 Å². The fraction of sp³-hybridized carbons (Fsp3) is 0.250. The second kappa shape index (κ2) is 7.21. The third-order valence-electron chi connectivity index (χ3n) is 3.30. The summed E-state index contributed by atoms with van der Waals surface area (Å²) in [6, 6.07) is 15.2. The molecule has 0 saturated heterocycles. The maximum absolute atomic E-state index is 3.64. The van der Waals surface area contributed by atoms with E-state index < -0.39 is 0 Å². The second-order valence-electron chi connectivity index (χ2n) is 4.80. The first kappa shape index (κ1) is 16.2. The van der Waals surface area contributed by atoms with Crippen molar-refractivity contribution in [1.82, 2.24) is 5.32 Å². The van der Waals surface area contributed by atoms with E-state index in [0.29, 0.717) is 0 Å². The molecule has 0 saturated carbocycles. The Bertz CT molecular complexity index is 598. The SMILES string of the molecule is CC(NC(C)c1ccc(Br)cc1Br)c1ccccc1Br. The Balaban J connectivity index is 2.15. The Hall–Kier alpha value is -0.160. The third kappa shape index (κ3) is 3.94. The van der Waals surface area contributed by atoms with Crippen molar-refractivity contribution in [2.24, 2.45) is 0 Å². The molecule has 2 rings (SSSR count). The summed E-state index contributed by atoms with van der Waals surface area (Å²) in [7, 11) is 0. The van der Waals surface area contributed by atoms with Crippen LogP contribution in [0.1, 0.15) is 37.1 Å². The normalized spacial score (nSPS) is 14.1. The van der Waals surface area contributed by atoms with Gasteiger partial charge in [0.15, 0.2) is 0 Å². The topological polar surface area (TPSA) is 12.0 Å². The van der Waals surface area contributed by atoms with Crippen LogP contribution in [0.25, 0.3) is 0 Å². The molecule has 0 heterocycles. The highest BCUT2D eigenvalue weighted by Crippen LogP contribution is 2.30. The fourth-order valence-electron chi connectivity index (χ4n) is 2.23. The fourth-order valence-corrected chi connectivity index (χ4v) is 4.25. The van der Waals surface area contributed by atoms with Crippen LogP contribution in [0.15, 0.2) is 55.9 Å². The van der Waals surface area contributed by atoms with Gasteiger partial charge in [0, 0.05) is 25.5 Å². The van der Waals surface area contributed by atoms with Crippen molar-refractivity contribution in [3.05, 3.63) is 67.0 Å². The lowest BCUT2D eigenvalue weighted by atomic mass is 10.0. The molecule has 2 aromatic carbocycles. The van der Waals surface area contributed by atoms with Gasteiger partial charge in [-0.25, -0.2) is 0 Å². The van der Waals surface area contributed by atoms with Gasteiger partial charge in [-0.3, -0.25) is 0 Å². The van der Waals surface area contributed by atoms with Gasteiger partial charge in [0.05, 0.1) is 0 Å². The Labute approximate surface area is 145 Å². The standard InChI is InChI=1S/C16H16Br3N/c1-10(13-5-3-4-6-15(13)18)20-11(2)14-8-7-12(17)9-16(14)19/h3-11,20H,1-2H3. The molecule has 0 fully saturated rings. The van der Waals surface area contributed by atoms with Gasteiger partial charge in [-0.05, 0) is 43.2 Å². The van der Waals surface area contributed by atoms with Gasteiger partial charge in [-0.1, -0.05) is 72.1 Å². The summed E-state index contributed by atoms with van der Waals surface area (Å²) in [6.45, 7) is 4.37. The van der Waals surface area contributed by atoms with Crippen molar-refractivity contribution in [2.45, 2.75) is 25.9 Å². The summed E-state index contributed by atoms with van der Waals surface area (Å²) in [6.07, 6.45) is 0. The highest BCUT2D eigenvalue weighted by Gasteiger charge is 2.15. The molecule has 0 aliphatic carbocycles. The zero-order valence-corrected chi connectivity index (χ0v) is 16.1. The number of benzene rings is 2. The Kier molecular flexibility index (Phi) is 5.84. The molecule has 20 heavy (non-hydrogen) atoms. The lowest BCUT2D eigenvalue weighted by molar-refractivity contribution is 0.492. The summed E-state index contributed by atoms with van der Waals surface area (Å²) in [5, 5.41) is 3.64. The van der Waals surface area contributed by atoms with Crippen LogP contribution in [0.4, 0.5) is 0 Å². The molecule has 1 nitrogen and oxygen atoms in total. The first-order chi connectivity index (χ1) is 9.49. The molecule has 0 spiro atoms. The van der Waals surface area contributed by atoms with E-state index in [-0.39, 0.29) is 12.1 Å².